The van der Waals surface area contributed by atoms with Crippen LogP contribution in [0.4, 0.5) is 11.4 Å². The molecule has 1 aliphatic rings. The first-order valence-corrected chi connectivity index (χ1v) is 4.75. The summed E-state index contributed by atoms with van der Waals surface area (Å²) in [5.41, 5.74) is 0.802. The lowest BCUT2D eigenvalue weighted by Gasteiger charge is -2.05. The number of non-ortho nitro benzene ring substituents is 1. The fraction of sp³-hybridized carbons (Fsp3) is 0.333. The minimum atomic E-state index is -0.452. The summed E-state index contributed by atoms with van der Waals surface area (Å²) < 4.78 is 0. The van der Waals surface area contributed by atoms with Crippen LogP contribution in [0.2, 0.25) is 5.02 Å². The molecule has 1 fully saturated rings. The second-order valence-electron chi connectivity index (χ2n) is 3.34. The van der Waals surface area contributed by atoms with Crippen molar-refractivity contribution in [2.75, 3.05) is 5.32 Å². The van der Waals surface area contributed by atoms with E-state index >= 15 is 0 Å². The average molecular weight is 213 g/mol. The van der Waals surface area contributed by atoms with Gasteiger partial charge in [-0.05, 0) is 18.9 Å². The van der Waals surface area contributed by atoms with Crippen LogP contribution in [0.5, 0.6) is 0 Å². The van der Waals surface area contributed by atoms with E-state index in [2.05, 4.69) is 5.32 Å². The van der Waals surface area contributed by atoms with E-state index in [-0.39, 0.29) is 5.69 Å². The number of anilines is 1. The quantitative estimate of drug-likeness (QED) is 0.619. The van der Waals surface area contributed by atoms with Crippen molar-refractivity contribution in [1.29, 1.82) is 0 Å². The summed E-state index contributed by atoms with van der Waals surface area (Å²) in [5, 5.41) is 14.0. The predicted molar refractivity (Wildman–Crippen MR) is 54.8 cm³/mol. The number of nitro benzene ring substituents is 1. The summed E-state index contributed by atoms with van der Waals surface area (Å²) in [6, 6.07) is 4.97. The van der Waals surface area contributed by atoms with E-state index in [1.165, 1.54) is 12.1 Å². The van der Waals surface area contributed by atoms with E-state index in [0.29, 0.717) is 11.1 Å². The Bertz CT molecular complexity index is 377. The minimum absolute atomic E-state index is 0.0244. The van der Waals surface area contributed by atoms with Gasteiger partial charge < -0.3 is 5.32 Å². The maximum absolute atomic E-state index is 10.4. The van der Waals surface area contributed by atoms with Crippen LogP contribution in [0.3, 0.4) is 0 Å². The third-order valence-corrected chi connectivity index (χ3v) is 2.41. The second kappa shape index (κ2) is 3.46. The maximum Gasteiger partial charge on any atom is 0.271 e. The van der Waals surface area contributed by atoms with Crippen molar-refractivity contribution >= 4 is 23.0 Å². The Morgan fingerprint density at radius 1 is 1.50 bits per heavy atom. The first-order chi connectivity index (χ1) is 6.66. The highest BCUT2D eigenvalue weighted by molar-refractivity contribution is 6.33. The minimum Gasteiger partial charge on any atom is -0.381 e. The topological polar surface area (TPSA) is 55.2 Å². The number of halogens is 1. The van der Waals surface area contributed by atoms with E-state index in [9.17, 15) is 10.1 Å². The Kier molecular flexibility index (Phi) is 2.29. The van der Waals surface area contributed by atoms with Crippen LogP contribution in [0, 0.1) is 10.1 Å². The van der Waals surface area contributed by atoms with Gasteiger partial charge in [0.05, 0.1) is 15.6 Å². The number of rotatable bonds is 3. The van der Waals surface area contributed by atoms with Crippen molar-refractivity contribution in [2.45, 2.75) is 18.9 Å². The lowest BCUT2D eigenvalue weighted by molar-refractivity contribution is -0.384. The largest absolute Gasteiger partial charge is 0.381 e. The van der Waals surface area contributed by atoms with Gasteiger partial charge in [-0.3, -0.25) is 10.1 Å². The summed E-state index contributed by atoms with van der Waals surface area (Å²) >= 11 is 5.88. The zero-order valence-electron chi connectivity index (χ0n) is 7.37. The van der Waals surface area contributed by atoms with Crippen LogP contribution < -0.4 is 5.32 Å². The molecule has 0 saturated heterocycles. The number of hydrogen-bond acceptors (Lipinski definition) is 3. The van der Waals surface area contributed by atoms with Gasteiger partial charge in [-0.1, -0.05) is 11.6 Å². The van der Waals surface area contributed by atoms with E-state index in [1.54, 1.807) is 6.07 Å². The predicted octanol–water partition coefficient (Wildman–Crippen LogP) is 2.82. The molecule has 0 aromatic heterocycles. The Hall–Kier alpha value is -1.29. The van der Waals surface area contributed by atoms with Crippen LogP contribution in [0.15, 0.2) is 18.2 Å². The number of nitrogens with one attached hydrogen (secondary N) is 1. The highest BCUT2D eigenvalue weighted by atomic mass is 35.5. The molecule has 0 aliphatic heterocycles. The maximum atomic E-state index is 10.4. The lowest BCUT2D eigenvalue weighted by Crippen LogP contribution is -2.01. The van der Waals surface area contributed by atoms with Crippen LogP contribution in [0.1, 0.15) is 12.8 Å². The first kappa shape index (κ1) is 9.27. The van der Waals surface area contributed by atoms with Crippen LogP contribution in [-0.2, 0) is 0 Å². The van der Waals surface area contributed by atoms with Crippen molar-refractivity contribution in [3.05, 3.63) is 33.3 Å². The normalized spacial score (nSPS) is 15.2. The lowest BCUT2D eigenvalue weighted by atomic mass is 10.3. The highest BCUT2D eigenvalue weighted by Gasteiger charge is 2.22. The zero-order chi connectivity index (χ0) is 10.1. The second-order valence-corrected chi connectivity index (χ2v) is 3.75. The molecule has 0 atom stereocenters. The Morgan fingerprint density at radius 2 is 2.21 bits per heavy atom. The van der Waals surface area contributed by atoms with Gasteiger partial charge in [-0.15, -0.1) is 0 Å². The molecule has 1 aromatic rings. The molecule has 14 heavy (non-hydrogen) atoms. The van der Waals surface area contributed by atoms with Gasteiger partial charge in [0.15, 0.2) is 0 Å². The Balaban J connectivity index is 2.21. The summed E-state index contributed by atoms with van der Waals surface area (Å²) in [5.74, 6) is 0. The van der Waals surface area contributed by atoms with E-state index < -0.39 is 4.92 Å². The molecule has 2 rings (SSSR count). The van der Waals surface area contributed by atoms with Gasteiger partial charge in [-0.25, -0.2) is 0 Å². The molecule has 1 N–H and O–H groups in total. The summed E-state index contributed by atoms with van der Waals surface area (Å²) in [7, 11) is 0. The molecular weight excluding hydrogens is 204 g/mol. The van der Waals surface area contributed by atoms with Crippen molar-refractivity contribution in [2.24, 2.45) is 0 Å². The standard InChI is InChI=1S/C9H9ClN2O2/c10-8-5-7(12(13)14)3-4-9(8)11-6-1-2-6/h3-6,11H,1-2H2. The molecule has 74 valence electrons. The fourth-order valence-corrected chi connectivity index (χ4v) is 1.41. The molecule has 0 radical (unpaired) electrons. The molecule has 4 nitrogen and oxygen atoms in total. The molecule has 0 spiro atoms. The Morgan fingerprint density at radius 3 is 2.71 bits per heavy atom. The van der Waals surface area contributed by atoms with Crippen molar-refractivity contribution in [3.8, 4) is 0 Å². The fourth-order valence-electron chi connectivity index (χ4n) is 1.18. The molecule has 0 heterocycles. The van der Waals surface area contributed by atoms with Crippen molar-refractivity contribution in [3.63, 3.8) is 0 Å². The van der Waals surface area contributed by atoms with Crippen molar-refractivity contribution < 1.29 is 4.92 Å². The van der Waals surface area contributed by atoms with Gasteiger partial charge in [0.1, 0.15) is 0 Å². The Labute approximate surface area is 86.0 Å². The van der Waals surface area contributed by atoms with E-state index in [4.69, 9.17) is 11.6 Å². The third kappa shape index (κ3) is 1.96. The highest BCUT2D eigenvalue weighted by Crippen LogP contribution is 2.31. The number of nitrogens with zero attached hydrogens (tertiary/aromatic N) is 1. The smallest absolute Gasteiger partial charge is 0.271 e. The number of benzene rings is 1. The molecule has 0 amide bonds. The van der Waals surface area contributed by atoms with Crippen LogP contribution in [0.25, 0.3) is 0 Å². The van der Waals surface area contributed by atoms with Crippen LogP contribution >= 0.6 is 11.6 Å². The van der Waals surface area contributed by atoms with E-state index in [1.807, 2.05) is 0 Å². The SMILES string of the molecule is O=[N+]([O-])c1ccc(NC2CC2)c(Cl)c1. The summed E-state index contributed by atoms with van der Waals surface area (Å²) in [4.78, 5) is 9.97. The van der Waals surface area contributed by atoms with Gasteiger partial charge in [0, 0.05) is 18.2 Å². The molecule has 1 saturated carbocycles. The number of hydrogen-bond donors (Lipinski definition) is 1. The summed E-state index contributed by atoms with van der Waals surface area (Å²) in [6.07, 6.45) is 2.29. The molecule has 5 heteroatoms. The van der Waals surface area contributed by atoms with Gasteiger partial charge >= 0.3 is 0 Å². The zero-order valence-corrected chi connectivity index (χ0v) is 8.12. The van der Waals surface area contributed by atoms with Crippen LogP contribution in [-0.4, -0.2) is 11.0 Å². The van der Waals surface area contributed by atoms with Crippen molar-refractivity contribution in [1.82, 2.24) is 0 Å². The molecule has 0 bridgehead atoms. The molecule has 1 aliphatic carbocycles. The first-order valence-electron chi connectivity index (χ1n) is 4.37. The molecular formula is C9H9ClN2O2. The monoisotopic (exact) mass is 212 g/mol. The number of nitro groups is 1. The third-order valence-electron chi connectivity index (χ3n) is 2.10. The molecule has 1 aromatic carbocycles. The van der Waals surface area contributed by atoms with E-state index in [0.717, 1.165) is 18.5 Å². The van der Waals surface area contributed by atoms with Gasteiger partial charge in [-0.2, -0.15) is 0 Å². The van der Waals surface area contributed by atoms with Gasteiger partial charge in [0.25, 0.3) is 5.69 Å². The molecule has 0 unspecified atom stereocenters. The van der Waals surface area contributed by atoms with Gasteiger partial charge in [0.2, 0.25) is 0 Å². The average Bonchev–Trinajstić information content (AvgIpc) is 2.92. The summed E-state index contributed by atoms with van der Waals surface area (Å²) in [6.45, 7) is 0.